The molecule has 0 unspecified atom stereocenters. The monoisotopic (exact) mass is 293 g/mol. The summed E-state index contributed by atoms with van der Waals surface area (Å²) in [6.07, 6.45) is 9.50. The number of nitrogens with one attached hydrogen (secondary N) is 1. The van der Waals surface area contributed by atoms with Gasteiger partial charge in [0.05, 0.1) is 11.4 Å². The Kier molecular flexibility index (Phi) is 3.75. The zero-order chi connectivity index (χ0) is 14.8. The number of hydrogen-bond donors (Lipinski definition) is 1. The van der Waals surface area contributed by atoms with Gasteiger partial charge < -0.3 is 10.1 Å². The molecule has 0 radical (unpaired) electrons. The lowest BCUT2D eigenvalue weighted by Crippen LogP contribution is -2.09. The number of hydrogen-bond acceptors (Lipinski definition) is 2. The van der Waals surface area contributed by atoms with Crippen LogP contribution in [-0.2, 0) is 0 Å². The molecule has 1 aliphatic carbocycles. The van der Waals surface area contributed by atoms with Gasteiger partial charge in [-0.05, 0) is 42.5 Å². The molecule has 2 heteroatoms. The molecule has 2 aromatic carbocycles. The van der Waals surface area contributed by atoms with E-state index in [1.807, 2.05) is 12.1 Å². The molecular weight excluding hydrogens is 270 g/mol. The maximum absolute atomic E-state index is 6.10. The standard InChI is InChI=1S/C20H23NO/c1-2-4-9-15(10-5-3-1)16-11-8-14-19-20(16)21-17-12-6-7-13-18(17)22-19/h6-8,11-15,21H,1-5,9-10H2. The first-order valence-electron chi connectivity index (χ1n) is 8.58. The molecule has 1 saturated carbocycles. The fourth-order valence-corrected chi connectivity index (χ4v) is 3.79. The summed E-state index contributed by atoms with van der Waals surface area (Å²) >= 11 is 0. The Morgan fingerprint density at radius 2 is 1.50 bits per heavy atom. The van der Waals surface area contributed by atoms with Crippen molar-refractivity contribution in [3.63, 3.8) is 0 Å². The lowest BCUT2D eigenvalue weighted by molar-refractivity contribution is 0.451. The molecular formula is C20H23NO. The van der Waals surface area contributed by atoms with Gasteiger partial charge in [-0.2, -0.15) is 0 Å². The van der Waals surface area contributed by atoms with Gasteiger partial charge in [0.1, 0.15) is 0 Å². The van der Waals surface area contributed by atoms with Crippen LogP contribution in [0.5, 0.6) is 11.5 Å². The summed E-state index contributed by atoms with van der Waals surface area (Å²) in [6.45, 7) is 0. The van der Waals surface area contributed by atoms with E-state index in [0.717, 1.165) is 17.2 Å². The van der Waals surface area contributed by atoms with Crippen molar-refractivity contribution in [2.75, 3.05) is 5.32 Å². The average molecular weight is 293 g/mol. The molecule has 0 amide bonds. The second kappa shape index (κ2) is 6.04. The number of ether oxygens (including phenoxy) is 1. The van der Waals surface area contributed by atoms with Crippen LogP contribution >= 0.6 is 0 Å². The van der Waals surface area contributed by atoms with Crippen LogP contribution in [0, 0.1) is 0 Å². The third kappa shape index (κ3) is 2.58. The molecule has 114 valence electrons. The van der Waals surface area contributed by atoms with Crippen LogP contribution in [0.25, 0.3) is 0 Å². The maximum atomic E-state index is 6.10. The lowest BCUT2D eigenvalue weighted by atomic mass is 9.85. The topological polar surface area (TPSA) is 21.3 Å². The summed E-state index contributed by atoms with van der Waals surface area (Å²) in [5.41, 5.74) is 3.70. The van der Waals surface area contributed by atoms with E-state index in [9.17, 15) is 0 Å². The molecule has 0 aromatic heterocycles. The van der Waals surface area contributed by atoms with Gasteiger partial charge in [-0.25, -0.2) is 0 Å². The Balaban J connectivity index is 1.68. The van der Waals surface area contributed by atoms with E-state index in [4.69, 9.17) is 4.74 Å². The van der Waals surface area contributed by atoms with E-state index < -0.39 is 0 Å². The van der Waals surface area contributed by atoms with E-state index in [1.54, 1.807) is 0 Å². The second-order valence-corrected chi connectivity index (χ2v) is 6.49. The lowest BCUT2D eigenvalue weighted by Gasteiger charge is -2.28. The minimum absolute atomic E-state index is 0.664. The minimum atomic E-state index is 0.664. The van der Waals surface area contributed by atoms with E-state index >= 15 is 0 Å². The Morgan fingerprint density at radius 3 is 2.36 bits per heavy atom. The molecule has 0 saturated heterocycles. The quantitative estimate of drug-likeness (QED) is 0.563. The summed E-state index contributed by atoms with van der Waals surface area (Å²) in [6, 6.07) is 14.7. The Hall–Kier alpha value is -1.96. The van der Waals surface area contributed by atoms with Gasteiger partial charge in [-0.3, -0.25) is 0 Å². The van der Waals surface area contributed by atoms with Gasteiger partial charge in [0.25, 0.3) is 0 Å². The molecule has 0 atom stereocenters. The average Bonchev–Trinajstić information content (AvgIpc) is 2.52. The summed E-state index contributed by atoms with van der Waals surface area (Å²) in [5, 5.41) is 3.62. The normalized spacial score (nSPS) is 18.2. The largest absolute Gasteiger partial charge is 0.453 e. The molecule has 2 aliphatic rings. The summed E-state index contributed by atoms with van der Waals surface area (Å²) in [5.74, 6) is 2.56. The summed E-state index contributed by atoms with van der Waals surface area (Å²) < 4.78 is 6.10. The molecule has 2 nitrogen and oxygen atoms in total. The second-order valence-electron chi connectivity index (χ2n) is 6.49. The van der Waals surface area contributed by atoms with Crippen molar-refractivity contribution in [3.05, 3.63) is 48.0 Å². The molecule has 2 aromatic rings. The third-order valence-corrected chi connectivity index (χ3v) is 4.97. The van der Waals surface area contributed by atoms with Gasteiger partial charge in [0.2, 0.25) is 0 Å². The van der Waals surface area contributed by atoms with Crippen LogP contribution in [0.15, 0.2) is 42.5 Å². The predicted molar refractivity (Wildman–Crippen MR) is 91.3 cm³/mol. The van der Waals surface area contributed by atoms with E-state index in [1.165, 1.54) is 56.2 Å². The number of anilines is 2. The SMILES string of the molecule is c1ccc2c(c1)Nc1c(cccc1C1CCCCCCC1)O2. The molecule has 4 rings (SSSR count). The number of rotatable bonds is 1. The van der Waals surface area contributed by atoms with Crippen LogP contribution in [0.4, 0.5) is 11.4 Å². The predicted octanol–water partition coefficient (Wildman–Crippen LogP) is 6.36. The Bertz CT molecular complexity index is 657. The van der Waals surface area contributed by atoms with Crippen LogP contribution in [0.1, 0.15) is 56.4 Å². The first-order chi connectivity index (χ1) is 10.9. The van der Waals surface area contributed by atoms with Crippen LogP contribution in [0.3, 0.4) is 0 Å². The fraction of sp³-hybridized carbons (Fsp3) is 0.400. The van der Waals surface area contributed by atoms with Gasteiger partial charge >= 0.3 is 0 Å². The van der Waals surface area contributed by atoms with Crippen molar-refractivity contribution in [2.24, 2.45) is 0 Å². The molecule has 1 heterocycles. The van der Waals surface area contributed by atoms with Crippen molar-refractivity contribution < 1.29 is 4.74 Å². The van der Waals surface area contributed by atoms with Gasteiger partial charge in [-0.1, -0.05) is 56.4 Å². The number of para-hydroxylation sites is 3. The number of benzene rings is 2. The first kappa shape index (κ1) is 13.7. The fourth-order valence-electron chi connectivity index (χ4n) is 3.79. The zero-order valence-electron chi connectivity index (χ0n) is 13.0. The van der Waals surface area contributed by atoms with Crippen molar-refractivity contribution in [1.82, 2.24) is 0 Å². The van der Waals surface area contributed by atoms with Gasteiger partial charge in [-0.15, -0.1) is 0 Å². The molecule has 22 heavy (non-hydrogen) atoms. The van der Waals surface area contributed by atoms with Gasteiger partial charge in [0, 0.05) is 0 Å². The summed E-state index contributed by atoms with van der Waals surface area (Å²) in [4.78, 5) is 0. The van der Waals surface area contributed by atoms with E-state index in [2.05, 4.69) is 35.6 Å². The molecule has 1 N–H and O–H groups in total. The number of fused-ring (bicyclic) bond motifs is 2. The highest BCUT2D eigenvalue weighted by molar-refractivity contribution is 5.78. The molecule has 0 bridgehead atoms. The first-order valence-corrected chi connectivity index (χ1v) is 8.58. The van der Waals surface area contributed by atoms with Crippen molar-refractivity contribution in [1.29, 1.82) is 0 Å². The minimum Gasteiger partial charge on any atom is -0.453 e. The summed E-state index contributed by atoms with van der Waals surface area (Å²) in [7, 11) is 0. The van der Waals surface area contributed by atoms with E-state index in [-0.39, 0.29) is 0 Å². The van der Waals surface area contributed by atoms with Crippen molar-refractivity contribution in [3.8, 4) is 11.5 Å². The van der Waals surface area contributed by atoms with Crippen molar-refractivity contribution in [2.45, 2.75) is 50.9 Å². The maximum Gasteiger partial charge on any atom is 0.151 e. The Morgan fingerprint density at radius 1 is 0.773 bits per heavy atom. The molecule has 1 fully saturated rings. The highest BCUT2D eigenvalue weighted by Crippen LogP contribution is 2.46. The highest BCUT2D eigenvalue weighted by Gasteiger charge is 2.23. The zero-order valence-corrected chi connectivity index (χ0v) is 13.0. The Labute approximate surface area is 132 Å². The van der Waals surface area contributed by atoms with Gasteiger partial charge in [0.15, 0.2) is 11.5 Å². The van der Waals surface area contributed by atoms with E-state index in [0.29, 0.717) is 5.92 Å². The van der Waals surface area contributed by atoms with Crippen LogP contribution in [0.2, 0.25) is 0 Å². The third-order valence-electron chi connectivity index (χ3n) is 4.97. The van der Waals surface area contributed by atoms with Crippen LogP contribution in [-0.4, -0.2) is 0 Å². The highest BCUT2D eigenvalue weighted by atomic mass is 16.5. The molecule has 0 spiro atoms. The molecule has 1 aliphatic heterocycles. The smallest absolute Gasteiger partial charge is 0.151 e. The van der Waals surface area contributed by atoms with Crippen molar-refractivity contribution >= 4 is 11.4 Å². The van der Waals surface area contributed by atoms with Crippen LogP contribution < -0.4 is 10.1 Å².